The van der Waals surface area contributed by atoms with Crippen LogP contribution in [0, 0.1) is 13.8 Å². The summed E-state index contributed by atoms with van der Waals surface area (Å²) in [5, 5.41) is 2.88. The first-order chi connectivity index (χ1) is 15.1. The number of hydrogen-bond acceptors (Lipinski definition) is 4. The lowest BCUT2D eigenvalue weighted by Crippen LogP contribution is -2.13. The van der Waals surface area contributed by atoms with Gasteiger partial charge in [0.1, 0.15) is 17.8 Å². The van der Waals surface area contributed by atoms with Crippen LogP contribution in [0.1, 0.15) is 21.5 Å². The third kappa shape index (κ3) is 3.59. The van der Waals surface area contributed by atoms with Crippen LogP contribution >= 0.6 is 0 Å². The third-order valence-electron chi connectivity index (χ3n) is 5.19. The molecule has 1 aromatic carbocycles. The number of aryl methyl sites for hydroxylation is 2. The summed E-state index contributed by atoms with van der Waals surface area (Å²) in [6.45, 7) is 4.02. The number of nitrogens with one attached hydrogen (secondary N) is 1. The monoisotopic (exact) mass is 408 g/mol. The van der Waals surface area contributed by atoms with Crippen molar-refractivity contribution < 1.29 is 9.21 Å². The lowest BCUT2D eigenvalue weighted by atomic mass is 10.1. The van der Waals surface area contributed by atoms with E-state index in [1.807, 2.05) is 41.8 Å². The van der Waals surface area contributed by atoms with Gasteiger partial charge in [0.25, 0.3) is 5.91 Å². The molecule has 0 bridgehead atoms. The number of oxazole rings is 1. The summed E-state index contributed by atoms with van der Waals surface area (Å²) in [7, 11) is 0. The van der Waals surface area contributed by atoms with Crippen molar-refractivity contribution in [3.63, 3.8) is 0 Å². The van der Waals surface area contributed by atoms with Gasteiger partial charge in [-0.2, -0.15) is 0 Å². The second kappa shape index (κ2) is 7.57. The Morgan fingerprint density at radius 3 is 2.61 bits per heavy atom. The Bertz CT molecular complexity index is 1380. The molecule has 0 aliphatic rings. The summed E-state index contributed by atoms with van der Waals surface area (Å²) in [6, 6.07) is 17.9. The van der Waals surface area contributed by atoms with Crippen LogP contribution in [-0.2, 0) is 0 Å². The number of amides is 1. The first-order valence-corrected chi connectivity index (χ1v) is 9.93. The van der Waals surface area contributed by atoms with E-state index in [2.05, 4.69) is 46.5 Å². The number of anilines is 1. The van der Waals surface area contributed by atoms with Gasteiger partial charge in [0.05, 0.1) is 11.3 Å². The molecule has 4 heterocycles. The number of nitrogens with zero attached hydrogens (tertiary/aromatic N) is 3. The van der Waals surface area contributed by atoms with E-state index in [0.29, 0.717) is 22.8 Å². The molecule has 1 N–H and O–H groups in total. The molecule has 152 valence electrons. The molecule has 0 fully saturated rings. The maximum atomic E-state index is 13.2. The van der Waals surface area contributed by atoms with Gasteiger partial charge in [-0.05, 0) is 48.7 Å². The van der Waals surface area contributed by atoms with Crippen molar-refractivity contribution in [2.75, 3.05) is 5.32 Å². The van der Waals surface area contributed by atoms with E-state index in [4.69, 9.17) is 4.42 Å². The zero-order valence-corrected chi connectivity index (χ0v) is 17.2. The highest BCUT2D eigenvalue weighted by molar-refractivity contribution is 6.09. The number of rotatable bonds is 4. The number of aromatic nitrogens is 3. The minimum absolute atomic E-state index is 0.254. The first kappa shape index (κ1) is 18.8. The van der Waals surface area contributed by atoms with E-state index in [-0.39, 0.29) is 5.91 Å². The lowest BCUT2D eigenvalue weighted by molar-refractivity contribution is 0.102. The predicted molar refractivity (Wildman–Crippen MR) is 120 cm³/mol. The normalized spacial score (nSPS) is 11.0. The topological polar surface area (TPSA) is 72.4 Å². The van der Waals surface area contributed by atoms with E-state index in [0.717, 1.165) is 22.2 Å². The van der Waals surface area contributed by atoms with Gasteiger partial charge in [-0.3, -0.25) is 4.79 Å². The van der Waals surface area contributed by atoms with Crippen LogP contribution in [0.4, 0.5) is 5.82 Å². The highest BCUT2D eigenvalue weighted by Crippen LogP contribution is 2.30. The molecule has 31 heavy (non-hydrogen) atoms. The quantitative estimate of drug-likeness (QED) is 0.425. The molecule has 0 unspecified atom stereocenters. The summed E-state index contributed by atoms with van der Waals surface area (Å²) in [6.07, 6.45) is 6.65. The molecule has 0 atom stereocenters. The first-order valence-electron chi connectivity index (χ1n) is 9.93. The zero-order valence-electron chi connectivity index (χ0n) is 17.2. The van der Waals surface area contributed by atoms with Crippen LogP contribution < -0.4 is 5.32 Å². The molecular formula is C25H20N4O2. The summed E-state index contributed by atoms with van der Waals surface area (Å²) < 4.78 is 7.19. The molecule has 5 rings (SSSR count). The third-order valence-corrected chi connectivity index (χ3v) is 5.19. The van der Waals surface area contributed by atoms with Crippen LogP contribution in [0.5, 0.6) is 0 Å². The van der Waals surface area contributed by atoms with Gasteiger partial charge in [-0.15, -0.1) is 0 Å². The van der Waals surface area contributed by atoms with Gasteiger partial charge in [-0.25, -0.2) is 9.97 Å². The van der Waals surface area contributed by atoms with Crippen LogP contribution in [0.15, 0.2) is 84.1 Å². The minimum Gasteiger partial charge on any atom is -0.451 e. The van der Waals surface area contributed by atoms with Crippen molar-refractivity contribution in [1.29, 1.82) is 0 Å². The van der Waals surface area contributed by atoms with Crippen molar-refractivity contribution in [2.45, 2.75) is 13.8 Å². The van der Waals surface area contributed by atoms with Gasteiger partial charge in [-0.1, -0.05) is 42.0 Å². The fraction of sp³-hybridized carbons (Fsp3) is 0.0800. The lowest BCUT2D eigenvalue weighted by Gasteiger charge is -2.08. The Hall–Kier alpha value is -4.19. The fourth-order valence-electron chi connectivity index (χ4n) is 3.65. The summed E-state index contributed by atoms with van der Waals surface area (Å²) in [5.41, 5.74) is 7.01. The second-order valence-electron chi connectivity index (χ2n) is 7.54. The van der Waals surface area contributed by atoms with Crippen LogP contribution in [0.2, 0.25) is 0 Å². The largest absolute Gasteiger partial charge is 0.451 e. The molecule has 4 aromatic heterocycles. The van der Waals surface area contributed by atoms with Gasteiger partial charge in [0, 0.05) is 17.9 Å². The van der Waals surface area contributed by atoms with E-state index >= 15 is 0 Å². The Balaban J connectivity index is 1.63. The Labute approximate surface area is 179 Å². The maximum Gasteiger partial charge on any atom is 0.259 e. The molecule has 0 spiro atoms. The van der Waals surface area contributed by atoms with Gasteiger partial charge in [0.2, 0.25) is 0 Å². The number of benzene rings is 1. The standard InChI is InChI=1S/C25H20N4O2/c1-16-4-3-5-18(10-16)19-7-8-20-11-21(24(29(20)13-19)22-14-31-15-27-22)25(30)28-23-9-6-17(2)12-26-23/h3-15H,1-2H3,(H,26,28,30). The molecule has 0 saturated carbocycles. The van der Waals surface area contributed by atoms with Crippen LogP contribution in [0.25, 0.3) is 28.0 Å². The number of fused-ring (bicyclic) bond motifs is 1. The summed E-state index contributed by atoms with van der Waals surface area (Å²) >= 11 is 0. The van der Waals surface area contributed by atoms with E-state index in [1.54, 1.807) is 18.5 Å². The molecule has 0 saturated heterocycles. The van der Waals surface area contributed by atoms with Crippen LogP contribution in [-0.4, -0.2) is 20.3 Å². The van der Waals surface area contributed by atoms with E-state index in [1.165, 1.54) is 12.0 Å². The SMILES string of the molecule is Cc1ccc(NC(=O)c2cc3ccc(-c4cccc(C)c4)cn3c2-c2cocn2)nc1. The van der Waals surface area contributed by atoms with E-state index < -0.39 is 0 Å². The van der Waals surface area contributed by atoms with Gasteiger partial charge < -0.3 is 14.1 Å². The molecule has 0 aliphatic carbocycles. The molecule has 5 aromatic rings. The molecular weight excluding hydrogens is 388 g/mol. The Kier molecular flexibility index (Phi) is 4.59. The molecule has 6 heteroatoms. The van der Waals surface area contributed by atoms with Crippen molar-refractivity contribution in [3.05, 3.63) is 96.3 Å². The maximum absolute atomic E-state index is 13.2. The van der Waals surface area contributed by atoms with Crippen LogP contribution in [0.3, 0.4) is 0 Å². The fourth-order valence-corrected chi connectivity index (χ4v) is 3.65. The van der Waals surface area contributed by atoms with Crippen molar-refractivity contribution >= 4 is 17.2 Å². The Morgan fingerprint density at radius 1 is 0.968 bits per heavy atom. The van der Waals surface area contributed by atoms with Crippen molar-refractivity contribution in [3.8, 4) is 22.5 Å². The zero-order chi connectivity index (χ0) is 21.4. The summed E-state index contributed by atoms with van der Waals surface area (Å²) in [4.78, 5) is 21.7. The smallest absolute Gasteiger partial charge is 0.259 e. The number of carbonyl (C=O) groups is 1. The van der Waals surface area contributed by atoms with Gasteiger partial charge in [0.15, 0.2) is 6.39 Å². The molecule has 6 nitrogen and oxygen atoms in total. The second-order valence-corrected chi connectivity index (χ2v) is 7.54. The number of pyridine rings is 2. The van der Waals surface area contributed by atoms with Crippen molar-refractivity contribution in [1.82, 2.24) is 14.4 Å². The molecule has 0 radical (unpaired) electrons. The molecule has 0 aliphatic heterocycles. The number of hydrogen-bond donors (Lipinski definition) is 1. The Morgan fingerprint density at radius 2 is 1.87 bits per heavy atom. The minimum atomic E-state index is -0.254. The van der Waals surface area contributed by atoms with Gasteiger partial charge >= 0.3 is 0 Å². The predicted octanol–water partition coefficient (Wildman–Crippen LogP) is 5.53. The molecule has 1 amide bonds. The number of carbonyl (C=O) groups excluding carboxylic acids is 1. The highest BCUT2D eigenvalue weighted by atomic mass is 16.3. The average molecular weight is 408 g/mol. The average Bonchev–Trinajstić information content (AvgIpc) is 3.42. The highest BCUT2D eigenvalue weighted by Gasteiger charge is 2.21. The van der Waals surface area contributed by atoms with Crippen molar-refractivity contribution in [2.24, 2.45) is 0 Å². The summed E-state index contributed by atoms with van der Waals surface area (Å²) in [5.74, 6) is 0.243. The van der Waals surface area contributed by atoms with E-state index in [9.17, 15) is 4.79 Å².